The average molecular weight is 179 g/mol. The molecule has 1 saturated heterocycles. The molecular weight excluding hydrogens is 172 g/mol. The van der Waals surface area contributed by atoms with Gasteiger partial charge in [-0.25, -0.2) is 0 Å². The summed E-state index contributed by atoms with van der Waals surface area (Å²) in [7, 11) is 0. The van der Waals surface area contributed by atoms with Gasteiger partial charge in [0, 0.05) is 0 Å². The van der Waals surface area contributed by atoms with E-state index in [4.69, 9.17) is 4.74 Å². The molecule has 8 heavy (non-hydrogen) atoms. The first-order chi connectivity index (χ1) is 3.80. The van der Waals surface area contributed by atoms with Gasteiger partial charge in [-0.15, -0.1) is 0 Å². The molecule has 0 amide bonds. The third-order valence-electron chi connectivity index (χ3n) is 1.10. The largest absolute Gasteiger partial charge is 0.465 e. The van der Waals surface area contributed by atoms with Gasteiger partial charge in [-0.2, -0.15) is 0 Å². The van der Waals surface area contributed by atoms with E-state index in [2.05, 4.69) is 15.9 Å². The molecule has 46 valence electrons. The van der Waals surface area contributed by atoms with E-state index < -0.39 is 0 Å². The Hall–Kier alpha value is -0.0500. The van der Waals surface area contributed by atoms with Gasteiger partial charge >= 0.3 is 5.97 Å². The van der Waals surface area contributed by atoms with Crippen molar-refractivity contribution >= 4 is 21.9 Å². The first-order valence-corrected chi connectivity index (χ1v) is 3.53. The number of halogens is 1. The second-order valence-corrected chi connectivity index (χ2v) is 2.88. The predicted molar refractivity (Wildman–Crippen MR) is 32.9 cm³/mol. The lowest BCUT2D eigenvalue weighted by molar-refractivity contribution is -0.145. The fraction of sp³-hybridized carbons (Fsp3) is 0.800. The first-order valence-electron chi connectivity index (χ1n) is 2.61. The van der Waals surface area contributed by atoms with Crippen LogP contribution in [0.4, 0.5) is 0 Å². The zero-order valence-corrected chi connectivity index (χ0v) is 5.98. The van der Waals surface area contributed by atoms with Crippen molar-refractivity contribution in [2.45, 2.75) is 17.7 Å². The molecule has 0 N–H and O–H groups in total. The molecule has 0 bridgehead atoms. The molecule has 0 unspecified atom stereocenters. The van der Waals surface area contributed by atoms with Crippen LogP contribution < -0.4 is 0 Å². The topological polar surface area (TPSA) is 26.3 Å². The third-order valence-corrected chi connectivity index (χ3v) is 1.93. The van der Waals surface area contributed by atoms with E-state index in [1.165, 1.54) is 0 Å². The molecular formula is C5H7BrO2. The Balaban J connectivity index is 2.39. The van der Waals surface area contributed by atoms with Crippen molar-refractivity contribution in [3.63, 3.8) is 0 Å². The van der Waals surface area contributed by atoms with Crippen LogP contribution in [-0.2, 0) is 9.53 Å². The van der Waals surface area contributed by atoms with Crippen molar-refractivity contribution in [1.29, 1.82) is 0 Å². The summed E-state index contributed by atoms with van der Waals surface area (Å²) in [5, 5.41) is 0. The number of hydrogen-bond donors (Lipinski definition) is 0. The summed E-state index contributed by atoms with van der Waals surface area (Å²) < 4.78 is 4.70. The number of rotatable bonds is 0. The van der Waals surface area contributed by atoms with Crippen molar-refractivity contribution in [3.8, 4) is 0 Å². The smallest absolute Gasteiger partial charge is 0.319 e. The van der Waals surface area contributed by atoms with E-state index in [0.29, 0.717) is 6.61 Å². The minimum atomic E-state index is -0.115. The molecule has 1 rings (SSSR count). The van der Waals surface area contributed by atoms with E-state index in [1.54, 1.807) is 0 Å². The maximum absolute atomic E-state index is 10.5. The number of ether oxygens (including phenoxy) is 1. The Morgan fingerprint density at radius 2 is 2.50 bits per heavy atom. The number of hydrogen-bond acceptors (Lipinski definition) is 2. The molecule has 1 atom stereocenters. The molecule has 1 fully saturated rings. The summed E-state index contributed by atoms with van der Waals surface area (Å²) in [5.74, 6) is -0.115. The second-order valence-electron chi connectivity index (χ2n) is 1.78. The van der Waals surface area contributed by atoms with Crippen molar-refractivity contribution in [1.82, 2.24) is 0 Å². The van der Waals surface area contributed by atoms with Crippen LogP contribution in [-0.4, -0.2) is 17.4 Å². The molecule has 0 aromatic carbocycles. The van der Waals surface area contributed by atoms with Gasteiger partial charge in [-0.05, 0) is 12.8 Å². The van der Waals surface area contributed by atoms with Gasteiger partial charge in [0.25, 0.3) is 0 Å². The maximum Gasteiger partial charge on any atom is 0.319 e. The van der Waals surface area contributed by atoms with Crippen LogP contribution in [0.3, 0.4) is 0 Å². The average Bonchev–Trinajstić information content (AvgIpc) is 1.77. The predicted octanol–water partition coefficient (Wildman–Crippen LogP) is 1.09. The van der Waals surface area contributed by atoms with Crippen LogP contribution in [0, 0.1) is 0 Å². The number of carbonyl (C=O) groups excluding carboxylic acids is 1. The number of cyclic esters (lactones) is 1. The van der Waals surface area contributed by atoms with Gasteiger partial charge in [0.15, 0.2) is 0 Å². The minimum absolute atomic E-state index is 0.0451. The summed E-state index contributed by atoms with van der Waals surface area (Å²) in [6.45, 7) is 0.598. The highest BCUT2D eigenvalue weighted by atomic mass is 79.9. The van der Waals surface area contributed by atoms with Crippen LogP contribution >= 0.6 is 15.9 Å². The summed E-state index contributed by atoms with van der Waals surface area (Å²) in [6.07, 6.45) is 1.90. The molecule has 1 heterocycles. The van der Waals surface area contributed by atoms with Crippen molar-refractivity contribution in [2.24, 2.45) is 0 Å². The van der Waals surface area contributed by atoms with Crippen LogP contribution in [0.15, 0.2) is 0 Å². The van der Waals surface area contributed by atoms with Crippen molar-refractivity contribution < 1.29 is 9.53 Å². The molecule has 0 aromatic heterocycles. The molecule has 1 aliphatic heterocycles. The second kappa shape index (κ2) is 2.49. The Bertz CT molecular complexity index is 103. The lowest BCUT2D eigenvalue weighted by Crippen LogP contribution is -2.23. The number of carbonyl (C=O) groups is 1. The van der Waals surface area contributed by atoms with Gasteiger partial charge in [0.2, 0.25) is 0 Å². The zero-order valence-electron chi connectivity index (χ0n) is 4.39. The van der Waals surface area contributed by atoms with Crippen molar-refractivity contribution in [2.75, 3.05) is 6.61 Å². The fourth-order valence-electron chi connectivity index (χ4n) is 0.644. The quantitative estimate of drug-likeness (QED) is 0.411. The maximum atomic E-state index is 10.5. The van der Waals surface area contributed by atoms with Crippen LogP contribution in [0.1, 0.15) is 12.8 Å². The first kappa shape index (κ1) is 6.08. The summed E-state index contributed by atoms with van der Waals surface area (Å²) in [4.78, 5) is 10.5. The molecule has 1 aliphatic rings. The normalized spacial score (nSPS) is 29.6. The van der Waals surface area contributed by atoms with Gasteiger partial charge in [-0.1, -0.05) is 15.9 Å². The van der Waals surface area contributed by atoms with E-state index in [9.17, 15) is 4.79 Å². The molecule has 0 aromatic rings. The Morgan fingerprint density at radius 3 is 2.88 bits per heavy atom. The standard InChI is InChI=1S/C5H7BrO2/c6-4-2-1-3-8-5(4)7/h4H,1-3H2/t4-/m1/s1. The highest BCUT2D eigenvalue weighted by molar-refractivity contribution is 9.10. The summed E-state index contributed by atoms with van der Waals surface area (Å²) in [6, 6.07) is 0. The summed E-state index contributed by atoms with van der Waals surface area (Å²) >= 11 is 3.18. The Labute approximate surface area is 56.3 Å². The number of esters is 1. The van der Waals surface area contributed by atoms with E-state index in [1.807, 2.05) is 0 Å². The highest BCUT2D eigenvalue weighted by Gasteiger charge is 2.19. The van der Waals surface area contributed by atoms with Crippen LogP contribution in [0.2, 0.25) is 0 Å². The molecule has 0 saturated carbocycles. The van der Waals surface area contributed by atoms with E-state index in [-0.39, 0.29) is 10.8 Å². The Morgan fingerprint density at radius 1 is 1.75 bits per heavy atom. The lowest BCUT2D eigenvalue weighted by atomic mass is 10.2. The molecule has 0 radical (unpaired) electrons. The zero-order chi connectivity index (χ0) is 5.98. The van der Waals surface area contributed by atoms with Crippen LogP contribution in [0.5, 0.6) is 0 Å². The fourth-order valence-corrected chi connectivity index (χ4v) is 1.10. The third kappa shape index (κ3) is 1.22. The van der Waals surface area contributed by atoms with E-state index in [0.717, 1.165) is 12.8 Å². The van der Waals surface area contributed by atoms with Gasteiger partial charge in [-0.3, -0.25) is 4.79 Å². The molecule has 0 aliphatic carbocycles. The molecule has 0 spiro atoms. The van der Waals surface area contributed by atoms with Gasteiger partial charge in [0.05, 0.1) is 6.61 Å². The van der Waals surface area contributed by atoms with Gasteiger partial charge in [0.1, 0.15) is 4.83 Å². The SMILES string of the molecule is O=C1OCCC[C@H]1Br. The monoisotopic (exact) mass is 178 g/mol. The highest BCUT2D eigenvalue weighted by Crippen LogP contribution is 2.14. The van der Waals surface area contributed by atoms with Crippen molar-refractivity contribution in [3.05, 3.63) is 0 Å². The van der Waals surface area contributed by atoms with E-state index >= 15 is 0 Å². The molecule has 3 heteroatoms. The minimum Gasteiger partial charge on any atom is -0.465 e. The number of alkyl halides is 1. The summed E-state index contributed by atoms with van der Waals surface area (Å²) in [5.41, 5.74) is 0. The lowest BCUT2D eigenvalue weighted by Gasteiger charge is -2.14. The Kier molecular flexibility index (Phi) is 1.89. The van der Waals surface area contributed by atoms with Crippen LogP contribution in [0.25, 0.3) is 0 Å². The molecule has 2 nitrogen and oxygen atoms in total. The van der Waals surface area contributed by atoms with Gasteiger partial charge < -0.3 is 4.74 Å².